The average Bonchev–Trinajstić information content (AvgIpc) is 3.30. The van der Waals surface area contributed by atoms with Gasteiger partial charge in [-0.15, -0.1) is 0 Å². The van der Waals surface area contributed by atoms with Gasteiger partial charge in [0.05, 0.1) is 25.0 Å². The molecule has 28 heavy (non-hydrogen) atoms. The topological polar surface area (TPSA) is 111 Å². The van der Waals surface area contributed by atoms with Gasteiger partial charge < -0.3 is 23.6 Å². The van der Waals surface area contributed by atoms with Crippen molar-refractivity contribution in [3.63, 3.8) is 0 Å². The Kier molecular flexibility index (Phi) is 6.27. The van der Waals surface area contributed by atoms with Gasteiger partial charge in [0, 0.05) is 26.8 Å². The number of aryl methyl sites for hydroxylation is 2. The predicted octanol–water partition coefficient (Wildman–Crippen LogP) is 1.56. The van der Waals surface area contributed by atoms with Crippen LogP contribution in [-0.2, 0) is 17.8 Å². The van der Waals surface area contributed by atoms with Crippen molar-refractivity contribution in [2.45, 2.75) is 26.4 Å². The smallest absolute Gasteiger partial charge is 0.265 e. The summed E-state index contributed by atoms with van der Waals surface area (Å²) in [6.45, 7) is 2.58. The molecule has 0 aromatic carbocycles. The van der Waals surface area contributed by atoms with Gasteiger partial charge in [-0.25, -0.2) is 4.98 Å². The van der Waals surface area contributed by atoms with Crippen molar-refractivity contribution in [2.24, 2.45) is 0 Å². The van der Waals surface area contributed by atoms with Gasteiger partial charge in [-0.3, -0.25) is 14.2 Å². The van der Waals surface area contributed by atoms with Crippen LogP contribution < -0.4 is 5.56 Å². The molecule has 0 bridgehead atoms. The summed E-state index contributed by atoms with van der Waals surface area (Å²) in [5.74, 6) is 0.458. The number of hydrogen-bond acceptors (Lipinski definition) is 7. The van der Waals surface area contributed by atoms with Gasteiger partial charge in [0.1, 0.15) is 23.2 Å². The van der Waals surface area contributed by atoms with Crippen molar-refractivity contribution in [3.8, 4) is 0 Å². The molecular weight excluding hydrogens is 366 g/mol. The number of fused-ring (bicyclic) bond motifs is 1. The molecule has 0 spiro atoms. The normalized spacial score (nSPS) is 11.2. The molecule has 0 aliphatic carbocycles. The van der Waals surface area contributed by atoms with E-state index in [2.05, 4.69) is 4.98 Å². The highest BCUT2D eigenvalue weighted by Gasteiger charge is 2.27. The van der Waals surface area contributed by atoms with E-state index < -0.39 is 5.91 Å². The number of aliphatic hydroxyl groups excluding tert-OH is 1. The standard InChI is InChI=1S/C19H23N3O6/c1-13-15(18(24)21(7-8-23)11-14-5-3-10-27-14)16-17(28-13)20-12-22(19(16)25)6-4-9-26-2/h3,5,10,12,23H,4,6-9,11H2,1-2H3. The van der Waals surface area contributed by atoms with Crippen molar-refractivity contribution in [2.75, 3.05) is 26.9 Å². The number of aromatic nitrogens is 2. The fraction of sp³-hybridized carbons (Fsp3) is 0.421. The first kappa shape index (κ1) is 19.8. The molecule has 0 saturated heterocycles. The number of rotatable bonds is 9. The molecule has 1 N–H and O–H groups in total. The van der Waals surface area contributed by atoms with E-state index in [1.54, 1.807) is 26.2 Å². The molecule has 0 radical (unpaired) electrons. The number of hydrogen-bond donors (Lipinski definition) is 1. The Labute approximate surface area is 161 Å². The Bertz CT molecular complexity index is 989. The van der Waals surface area contributed by atoms with Crippen molar-refractivity contribution < 1.29 is 23.5 Å². The lowest BCUT2D eigenvalue weighted by atomic mass is 10.1. The minimum absolute atomic E-state index is 0.0912. The van der Waals surface area contributed by atoms with Crippen LogP contribution in [0.2, 0.25) is 0 Å². The maximum absolute atomic E-state index is 13.2. The first-order valence-corrected chi connectivity index (χ1v) is 8.96. The van der Waals surface area contributed by atoms with Gasteiger partial charge in [0.2, 0.25) is 5.71 Å². The first-order valence-electron chi connectivity index (χ1n) is 8.96. The third kappa shape index (κ3) is 4.00. The van der Waals surface area contributed by atoms with Crippen molar-refractivity contribution in [1.82, 2.24) is 14.5 Å². The summed E-state index contributed by atoms with van der Waals surface area (Å²) in [5, 5.41) is 9.52. The Balaban J connectivity index is 1.99. The summed E-state index contributed by atoms with van der Waals surface area (Å²) in [4.78, 5) is 31.7. The highest BCUT2D eigenvalue weighted by atomic mass is 16.5. The van der Waals surface area contributed by atoms with Crippen LogP contribution in [0.4, 0.5) is 0 Å². The number of ether oxygens (including phenoxy) is 1. The van der Waals surface area contributed by atoms with Crippen LogP contribution in [0.25, 0.3) is 11.1 Å². The molecule has 0 atom stereocenters. The number of methoxy groups -OCH3 is 1. The van der Waals surface area contributed by atoms with Gasteiger partial charge in [-0.05, 0) is 25.5 Å². The van der Waals surface area contributed by atoms with E-state index in [4.69, 9.17) is 13.6 Å². The van der Waals surface area contributed by atoms with Gasteiger partial charge in [0.15, 0.2) is 0 Å². The SMILES string of the molecule is COCCCn1cnc2oc(C)c(C(=O)N(CCO)Cc3ccco3)c2c1=O. The summed E-state index contributed by atoms with van der Waals surface area (Å²) in [7, 11) is 1.59. The lowest BCUT2D eigenvalue weighted by Crippen LogP contribution is -2.34. The number of furan rings is 2. The number of amides is 1. The van der Waals surface area contributed by atoms with Crippen LogP contribution >= 0.6 is 0 Å². The maximum Gasteiger partial charge on any atom is 0.265 e. The molecule has 0 saturated carbocycles. The van der Waals surface area contributed by atoms with Gasteiger partial charge in [-0.2, -0.15) is 0 Å². The lowest BCUT2D eigenvalue weighted by molar-refractivity contribution is 0.0694. The van der Waals surface area contributed by atoms with Crippen LogP contribution in [0, 0.1) is 6.92 Å². The van der Waals surface area contributed by atoms with Gasteiger partial charge in [-0.1, -0.05) is 0 Å². The third-order valence-corrected chi connectivity index (χ3v) is 4.40. The molecule has 9 nitrogen and oxygen atoms in total. The molecule has 0 fully saturated rings. The number of nitrogens with zero attached hydrogens (tertiary/aromatic N) is 3. The maximum atomic E-state index is 13.2. The Morgan fingerprint density at radius 1 is 1.43 bits per heavy atom. The Morgan fingerprint density at radius 2 is 2.25 bits per heavy atom. The summed E-state index contributed by atoms with van der Waals surface area (Å²) < 4.78 is 17.3. The van der Waals surface area contributed by atoms with E-state index in [-0.39, 0.29) is 41.9 Å². The third-order valence-electron chi connectivity index (χ3n) is 4.40. The second-order valence-corrected chi connectivity index (χ2v) is 6.33. The molecule has 150 valence electrons. The fourth-order valence-corrected chi connectivity index (χ4v) is 3.06. The van der Waals surface area contributed by atoms with Crippen LogP contribution in [0.15, 0.2) is 38.4 Å². The second-order valence-electron chi connectivity index (χ2n) is 6.33. The summed E-state index contributed by atoms with van der Waals surface area (Å²) in [6, 6.07) is 3.46. The van der Waals surface area contributed by atoms with E-state index in [0.717, 1.165) is 0 Å². The summed E-state index contributed by atoms with van der Waals surface area (Å²) >= 11 is 0. The van der Waals surface area contributed by atoms with Gasteiger partial charge in [0.25, 0.3) is 11.5 Å². The largest absolute Gasteiger partial charge is 0.467 e. The first-order chi connectivity index (χ1) is 13.6. The molecule has 9 heteroatoms. The van der Waals surface area contributed by atoms with Crippen molar-refractivity contribution in [1.29, 1.82) is 0 Å². The van der Waals surface area contributed by atoms with Crippen molar-refractivity contribution in [3.05, 3.63) is 52.2 Å². The number of carbonyl (C=O) groups is 1. The molecule has 0 unspecified atom stereocenters. The molecule has 1 amide bonds. The minimum atomic E-state index is -0.421. The van der Waals surface area contributed by atoms with E-state index in [9.17, 15) is 14.7 Å². The second kappa shape index (κ2) is 8.85. The predicted molar refractivity (Wildman–Crippen MR) is 100 cm³/mol. The monoisotopic (exact) mass is 389 g/mol. The van der Waals surface area contributed by atoms with Gasteiger partial charge >= 0.3 is 0 Å². The summed E-state index contributed by atoms with van der Waals surface area (Å²) in [6.07, 6.45) is 3.56. The summed E-state index contributed by atoms with van der Waals surface area (Å²) in [5.41, 5.74) is -0.0624. The number of aliphatic hydroxyl groups is 1. The quantitative estimate of drug-likeness (QED) is 0.553. The molecule has 0 aliphatic rings. The highest BCUT2D eigenvalue weighted by molar-refractivity contribution is 6.06. The average molecular weight is 389 g/mol. The minimum Gasteiger partial charge on any atom is -0.467 e. The van der Waals surface area contributed by atoms with E-state index >= 15 is 0 Å². The zero-order valence-electron chi connectivity index (χ0n) is 15.9. The van der Waals surface area contributed by atoms with Crippen LogP contribution in [0.3, 0.4) is 0 Å². The number of carbonyl (C=O) groups excluding carboxylic acids is 1. The lowest BCUT2D eigenvalue weighted by Gasteiger charge is -2.20. The van der Waals surface area contributed by atoms with Crippen LogP contribution in [0.5, 0.6) is 0 Å². The molecule has 0 aliphatic heterocycles. The van der Waals surface area contributed by atoms with E-state index in [1.807, 2.05) is 0 Å². The molecule has 3 rings (SSSR count). The zero-order valence-corrected chi connectivity index (χ0v) is 15.9. The molecular formula is C19H23N3O6. The zero-order chi connectivity index (χ0) is 20.1. The van der Waals surface area contributed by atoms with E-state index in [1.165, 1.54) is 22.1 Å². The van der Waals surface area contributed by atoms with Crippen LogP contribution in [0.1, 0.15) is 28.3 Å². The Morgan fingerprint density at radius 3 is 2.93 bits per heavy atom. The fourth-order valence-electron chi connectivity index (χ4n) is 3.06. The highest BCUT2D eigenvalue weighted by Crippen LogP contribution is 2.23. The van der Waals surface area contributed by atoms with Crippen molar-refractivity contribution >= 4 is 17.0 Å². The van der Waals surface area contributed by atoms with E-state index in [0.29, 0.717) is 31.1 Å². The molecule has 3 aromatic heterocycles. The van der Waals surface area contributed by atoms with Crippen LogP contribution in [-0.4, -0.2) is 52.3 Å². The molecule has 3 aromatic rings. The molecule has 3 heterocycles. The Hall–Kier alpha value is -2.91.